The highest BCUT2D eigenvalue weighted by Crippen LogP contribution is 2.13. The summed E-state index contributed by atoms with van der Waals surface area (Å²) in [4.78, 5) is 16.9. The second kappa shape index (κ2) is 8.85. The van der Waals surface area contributed by atoms with Crippen molar-refractivity contribution in [3.05, 3.63) is 52.7 Å². The average molecular weight is 344 g/mol. The molecule has 0 spiro atoms. The molecule has 1 fully saturated rings. The number of carbonyl (C=O) groups excluding carboxylic acids is 1. The molecule has 4 nitrogen and oxygen atoms in total. The average Bonchev–Trinajstić information content (AvgIpc) is 3.05. The molecule has 1 amide bonds. The molecule has 24 heavy (non-hydrogen) atoms. The maximum Gasteiger partial charge on any atom is 0.254 e. The lowest BCUT2D eigenvalue weighted by molar-refractivity contribution is 0.0761. The lowest BCUT2D eigenvalue weighted by Crippen LogP contribution is -2.35. The lowest BCUT2D eigenvalue weighted by Gasteiger charge is -2.21. The predicted molar refractivity (Wildman–Crippen MR) is 97.8 cm³/mol. The molecule has 0 saturated carbocycles. The van der Waals surface area contributed by atoms with Gasteiger partial charge >= 0.3 is 0 Å². The van der Waals surface area contributed by atoms with E-state index in [-0.39, 0.29) is 5.91 Å². The SMILES string of the molecule is O=C(c1ccsc1)N1CCCN(CCCOc2ccccc2)CC1. The Morgan fingerprint density at radius 3 is 2.75 bits per heavy atom. The molecule has 0 aliphatic carbocycles. The van der Waals surface area contributed by atoms with Gasteiger partial charge in [-0.1, -0.05) is 18.2 Å². The molecule has 0 bridgehead atoms. The Morgan fingerprint density at radius 2 is 1.96 bits per heavy atom. The van der Waals surface area contributed by atoms with Crippen LogP contribution in [0.15, 0.2) is 47.2 Å². The van der Waals surface area contributed by atoms with E-state index in [4.69, 9.17) is 4.74 Å². The van der Waals surface area contributed by atoms with Gasteiger partial charge in [0.2, 0.25) is 0 Å². The van der Waals surface area contributed by atoms with Gasteiger partial charge in [-0.15, -0.1) is 0 Å². The van der Waals surface area contributed by atoms with Crippen molar-refractivity contribution in [2.24, 2.45) is 0 Å². The van der Waals surface area contributed by atoms with E-state index >= 15 is 0 Å². The number of rotatable bonds is 6. The summed E-state index contributed by atoms with van der Waals surface area (Å²) in [6.45, 7) is 5.42. The molecule has 0 radical (unpaired) electrons. The Bertz CT molecular complexity index is 616. The monoisotopic (exact) mass is 344 g/mol. The van der Waals surface area contributed by atoms with Gasteiger partial charge in [0.05, 0.1) is 12.2 Å². The molecular formula is C19H24N2O2S. The van der Waals surface area contributed by atoms with Crippen molar-refractivity contribution in [2.75, 3.05) is 39.3 Å². The normalized spacial score (nSPS) is 15.9. The van der Waals surface area contributed by atoms with Crippen molar-refractivity contribution < 1.29 is 9.53 Å². The van der Waals surface area contributed by atoms with Crippen molar-refractivity contribution in [1.82, 2.24) is 9.80 Å². The Hall–Kier alpha value is -1.85. The molecule has 0 unspecified atom stereocenters. The van der Waals surface area contributed by atoms with Crippen LogP contribution in [0.2, 0.25) is 0 Å². The van der Waals surface area contributed by atoms with Crippen LogP contribution in [0.5, 0.6) is 5.75 Å². The zero-order valence-corrected chi connectivity index (χ0v) is 14.7. The summed E-state index contributed by atoms with van der Waals surface area (Å²) >= 11 is 1.58. The fourth-order valence-electron chi connectivity index (χ4n) is 2.96. The van der Waals surface area contributed by atoms with Crippen LogP contribution in [0, 0.1) is 0 Å². The number of amides is 1. The maximum atomic E-state index is 12.4. The molecule has 1 saturated heterocycles. The number of benzene rings is 1. The summed E-state index contributed by atoms with van der Waals surface area (Å²) in [5.74, 6) is 1.10. The van der Waals surface area contributed by atoms with Crippen LogP contribution in [0.25, 0.3) is 0 Å². The van der Waals surface area contributed by atoms with Crippen LogP contribution in [-0.4, -0.2) is 55.0 Å². The molecular weight excluding hydrogens is 320 g/mol. The molecule has 5 heteroatoms. The van der Waals surface area contributed by atoms with E-state index in [0.29, 0.717) is 0 Å². The molecule has 2 aromatic rings. The minimum absolute atomic E-state index is 0.172. The fraction of sp³-hybridized carbons (Fsp3) is 0.421. The zero-order valence-electron chi connectivity index (χ0n) is 13.9. The molecule has 1 aromatic heterocycles. The van der Waals surface area contributed by atoms with Gasteiger partial charge in [-0.05, 0) is 43.0 Å². The second-order valence-corrected chi connectivity index (χ2v) is 6.79. The number of hydrogen-bond donors (Lipinski definition) is 0. The predicted octanol–water partition coefficient (Wildman–Crippen LogP) is 3.37. The topological polar surface area (TPSA) is 32.8 Å². The number of thiophene rings is 1. The molecule has 0 atom stereocenters. The number of para-hydroxylation sites is 1. The van der Waals surface area contributed by atoms with Crippen LogP contribution >= 0.6 is 11.3 Å². The van der Waals surface area contributed by atoms with Crippen LogP contribution in [0.3, 0.4) is 0 Å². The first-order valence-electron chi connectivity index (χ1n) is 8.54. The molecule has 1 aliphatic heterocycles. The van der Waals surface area contributed by atoms with Crippen LogP contribution in [0.4, 0.5) is 0 Å². The Labute approximate surface area is 147 Å². The highest BCUT2D eigenvalue weighted by atomic mass is 32.1. The van der Waals surface area contributed by atoms with E-state index in [0.717, 1.165) is 63.5 Å². The van der Waals surface area contributed by atoms with Crippen molar-refractivity contribution in [3.8, 4) is 5.75 Å². The molecule has 2 heterocycles. The van der Waals surface area contributed by atoms with E-state index in [9.17, 15) is 4.79 Å². The minimum atomic E-state index is 0.172. The maximum absolute atomic E-state index is 12.4. The van der Waals surface area contributed by atoms with E-state index in [2.05, 4.69) is 4.90 Å². The van der Waals surface area contributed by atoms with Crippen LogP contribution < -0.4 is 4.74 Å². The van der Waals surface area contributed by atoms with Crippen molar-refractivity contribution in [1.29, 1.82) is 0 Å². The van der Waals surface area contributed by atoms with Gasteiger partial charge in [0, 0.05) is 31.6 Å². The van der Waals surface area contributed by atoms with Crippen molar-refractivity contribution in [3.63, 3.8) is 0 Å². The van der Waals surface area contributed by atoms with Crippen LogP contribution in [0.1, 0.15) is 23.2 Å². The quantitative estimate of drug-likeness (QED) is 0.753. The zero-order chi connectivity index (χ0) is 16.6. The number of nitrogens with zero attached hydrogens (tertiary/aromatic N) is 2. The van der Waals surface area contributed by atoms with Gasteiger partial charge in [0.25, 0.3) is 5.91 Å². The van der Waals surface area contributed by atoms with Gasteiger partial charge in [0.1, 0.15) is 5.75 Å². The molecule has 1 aliphatic rings. The summed E-state index contributed by atoms with van der Waals surface area (Å²) in [6, 6.07) is 11.9. The first kappa shape index (κ1) is 17.0. The third-order valence-electron chi connectivity index (χ3n) is 4.27. The van der Waals surface area contributed by atoms with Gasteiger partial charge in [-0.3, -0.25) is 4.79 Å². The van der Waals surface area contributed by atoms with Crippen molar-refractivity contribution >= 4 is 17.2 Å². The summed E-state index contributed by atoms with van der Waals surface area (Å²) in [7, 11) is 0. The third kappa shape index (κ3) is 4.82. The molecule has 0 N–H and O–H groups in total. The summed E-state index contributed by atoms with van der Waals surface area (Å²) in [5.41, 5.74) is 0.824. The molecule has 3 rings (SSSR count). The van der Waals surface area contributed by atoms with Gasteiger partial charge in [-0.2, -0.15) is 11.3 Å². The van der Waals surface area contributed by atoms with E-state index < -0.39 is 0 Å². The largest absolute Gasteiger partial charge is 0.494 e. The lowest BCUT2D eigenvalue weighted by atomic mass is 10.3. The van der Waals surface area contributed by atoms with Crippen molar-refractivity contribution in [2.45, 2.75) is 12.8 Å². The highest BCUT2D eigenvalue weighted by molar-refractivity contribution is 7.08. The minimum Gasteiger partial charge on any atom is -0.494 e. The molecule has 1 aromatic carbocycles. The van der Waals surface area contributed by atoms with Crippen LogP contribution in [-0.2, 0) is 0 Å². The van der Waals surface area contributed by atoms with Gasteiger partial charge < -0.3 is 14.5 Å². The summed E-state index contributed by atoms with van der Waals surface area (Å²) in [5, 5.41) is 3.90. The van der Waals surface area contributed by atoms with E-state index in [1.54, 1.807) is 11.3 Å². The van der Waals surface area contributed by atoms with E-state index in [1.807, 2.05) is 52.1 Å². The first-order chi connectivity index (χ1) is 11.8. The smallest absolute Gasteiger partial charge is 0.254 e. The van der Waals surface area contributed by atoms with E-state index in [1.165, 1.54) is 0 Å². The number of hydrogen-bond acceptors (Lipinski definition) is 4. The third-order valence-corrected chi connectivity index (χ3v) is 4.96. The highest BCUT2D eigenvalue weighted by Gasteiger charge is 2.20. The Morgan fingerprint density at radius 1 is 1.08 bits per heavy atom. The summed E-state index contributed by atoms with van der Waals surface area (Å²) < 4.78 is 5.75. The standard InChI is InChI=1S/C19H24N2O2S/c22-19(17-8-15-24-16-17)21-11-4-9-20(12-13-21)10-5-14-23-18-6-2-1-3-7-18/h1-3,6-8,15-16H,4-5,9-14H2. The second-order valence-electron chi connectivity index (χ2n) is 6.01. The van der Waals surface area contributed by atoms with Gasteiger partial charge in [-0.25, -0.2) is 0 Å². The number of carbonyl (C=O) groups is 1. The fourth-order valence-corrected chi connectivity index (χ4v) is 3.59. The summed E-state index contributed by atoms with van der Waals surface area (Å²) in [6.07, 6.45) is 2.04. The first-order valence-corrected chi connectivity index (χ1v) is 9.49. The number of ether oxygens (including phenoxy) is 1. The Kier molecular flexibility index (Phi) is 6.26. The molecule has 128 valence electrons. The Balaban J connectivity index is 1.38. The van der Waals surface area contributed by atoms with Gasteiger partial charge in [0.15, 0.2) is 0 Å².